The van der Waals surface area contributed by atoms with Crippen molar-refractivity contribution < 1.29 is 4.21 Å². The lowest BCUT2D eigenvalue weighted by atomic mass is 10.4. The van der Waals surface area contributed by atoms with Gasteiger partial charge in [-0.1, -0.05) is 31.5 Å². The van der Waals surface area contributed by atoms with Gasteiger partial charge in [0.25, 0.3) is 0 Å². The Hall–Kier alpha value is -0.380. The molecule has 0 aliphatic heterocycles. The predicted molar refractivity (Wildman–Crippen MR) is 60.8 cm³/mol. The molecule has 4 heteroatoms. The van der Waals surface area contributed by atoms with Gasteiger partial charge in [0.2, 0.25) is 0 Å². The number of nitrogens with zero attached hydrogens (tertiary/aromatic N) is 1. The molecule has 14 heavy (non-hydrogen) atoms. The van der Waals surface area contributed by atoms with Crippen LogP contribution in [0.2, 0.25) is 5.02 Å². The Kier molecular flexibility index (Phi) is 4.58. The van der Waals surface area contributed by atoms with E-state index in [0.29, 0.717) is 5.02 Å². The molecule has 1 aromatic carbocycles. The van der Waals surface area contributed by atoms with Crippen LogP contribution in [0.1, 0.15) is 13.8 Å². The first kappa shape index (κ1) is 11.7. The van der Waals surface area contributed by atoms with E-state index in [1.807, 2.05) is 30.3 Å². The van der Waals surface area contributed by atoms with Gasteiger partial charge < -0.3 is 0 Å². The Bertz CT molecular complexity index is 326. The molecule has 0 amide bonds. The van der Waals surface area contributed by atoms with E-state index in [4.69, 9.17) is 11.6 Å². The summed E-state index contributed by atoms with van der Waals surface area (Å²) in [6.07, 6.45) is 0. The fraction of sp³-hybridized carbons (Fsp3) is 0.400. The van der Waals surface area contributed by atoms with Crippen LogP contribution >= 0.6 is 11.6 Å². The minimum absolute atomic E-state index is 0.628. The third-order valence-electron chi connectivity index (χ3n) is 1.94. The van der Waals surface area contributed by atoms with Crippen LogP contribution in [0.5, 0.6) is 0 Å². The Morgan fingerprint density at radius 1 is 1.36 bits per heavy atom. The van der Waals surface area contributed by atoms with E-state index in [-0.39, 0.29) is 0 Å². The zero-order valence-corrected chi connectivity index (χ0v) is 9.94. The summed E-state index contributed by atoms with van der Waals surface area (Å²) in [7, 11) is -1.08. The lowest BCUT2D eigenvalue weighted by Gasteiger charge is -2.16. The predicted octanol–water partition coefficient (Wildman–Crippen LogP) is 2.70. The van der Waals surface area contributed by atoms with E-state index >= 15 is 0 Å². The van der Waals surface area contributed by atoms with E-state index < -0.39 is 11.0 Å². The fourth-order valence-corrected chi connectivity index (χ4v) is 2.63. The van der Waals surface area contributed by atoms with Gasteiger partial charge in [-0.2, -0.15) is 0 Å². The third kappa shape index (κ3) is 2.80. The van der Waals surface area contributed by atoms with Crippen molar-refractivity contribution in [3.63, 3.8) is 0 Å². The molecule has 0 fully saturated rings. The molecule has 0 bridgehead atoms. The van der Waals surface area contributed by atoms with Crippen LogP contribution in [-0.2, 0) is 11.0 Å². The Labute approximate surface area is 92.5 Å². The Morgan fingerprint density at radius 2 is 2.00 bits per heavy atom. The van der Waals surface area contributed by atoms with Crippen molar-refractivity contribution in [1.82, 2.24) is 4.31 Å². The minimum Gasteiger partial charge on any atom is -0.237 e. The van der Waals surface area contributed by atoms with Crippen LogP contribution < -0.4 is 0 Å². The summed E-state index contributed by atoms with van der Waals surface area (Å²) in [5, 5.41) is 0.628. The zero-order chi connectivity index (χ0) is 10.6. The third-order valence-corrected chi connectivity index (χ3v) is 3.82. The van der Waals surface area contributed by atoms with Crippen LogP contribution in [0.15, 0.2) is 29.2 Å². The van der Waals surface area contributed by atoms with Crippen LogP contribution in [-0.4, -0.2) is 21.6 Å². The molecule has 0 heterocycles. The van der Waals surface area contributed by atoms with E-state index in [9.17, 15) is 4.21 Å². The van der Waals surface area contributed by atoms with E-state index in [2.05, 4.69) is 0 Å². The molecule has 0 aliphatic carbocycles. The van der Waals surface area contributed by atoms with Crippen molar-refractivity contribution in [3.05, 3.63) is 29.3 Å². The summed E-state index contributed by atoms with van der Waals surface area (Å²) in [6.45, 7) is 5.53. The first-order valence-electron chi connectivity index (χ1n) is 4.61. The first-order valence-corrected chi connectivity index (χ1v) is 6.10. The topological polar surface area (TPSA) is 20.3 Å². The van der Waals surface area contributed by atoms with Gasteiger partial charge in [0.1, 0.15) is 11.0 Å². The second kappa shape index (κ2) is 5.49. The molecule has 1 atom stereocenters. The fourth-order valence-electron chi connectivity index (χ4n) is 1.18. The number of hydrogen-bond acceptors (Lipinski definition) is 1. The Morgan fingerprint density at radius 3 is 2.50 bits per heavy atom. The highest BCUT2D eigenvalue weighted by Gasteiger charge is 2.10. The van der Waals surface area contributed by atoms with Crippen LogP contribution in [0.25, 0.3) is 0 Å². The first-order chi connectivity index (χ1) is 6.69. The molecule has 1 aromatic rings. The molecule has 0 saturated carbocycles. The van der Waals surface area contributed by atoms with Gasteiger partial charge in [-0.15, -0.1) is 0 Å². The SMILES string of the molecule is CCN(CC)S(=O)c1cccc(Cl)c1. The molecular weight excluding hydrogens is 218 g/mol. The van der Waals surface area contributed by atoms with Gasteiger partial charge in [-0.05, 0) is 18.2 Å². The largest absolute Gasteiger partial charge is 0.237 e. The Balaban J connectivity index is 2.88. The minimum atomic E-state index is -1.08. The highest BCUT2D eigenvalue weighted by Crippen LogP contribution is 2.15. The summed E-state index contributed by atoms with van der Waals surface area (Å²) in [4.78, 5) is 0.765. The molecule has 1 rings (SSSR count). The summed E-state index contributed by atoms with van der Waals surface area (Å²) in [6, 6.07) is 7.18. The number of rotatable bonds is 4. The maximum atomic E-state index is 11.9. The lowest BCUT2D eigenvalue weighted by Crippen LogP contribution is -2.25. The van der Waals surface area contributed by atoms with Crippen molar-refractivity contribution >= 4 is 22.6 Å². The van der Waals surface area contributed by atoms with Crippen LogP contribution in [0.3, 0.4) is 0 Å². The van der Waals surface area contributed by atoms with Crippen LogP contribution in [0.4, 0.5) is 0 Å². The standard InChI is InChI=1S/C10H14ClNOS/c1-3-12(4-2)14(13)10-7-5-6-9(11)8-10/h5-8H,3-4H2,1-2H3. The summed E-state index contributed by atoms with van der Waals surface area (Å²) in [5.74, 6) is 0. The molecule has 0 N–H and O–H groups in total. The van der Waals surface area contributed by atoms with Crippen LogP contribution in [0, 0.1) is 0 Å². The van der Waals surface area contributed by atoms with Gasteiger partial charge in [0.05, 0.1) is 4.90 Å². The molecule has 0 saturated heterocycles. The van der Waals surface area contributed by atoms with E-state index in [1.54, 1.807) is 12.1 Å². The number of hydrogen-bond donors (Lipinski definition) is 0. The molecular formula is C10H14ClNOS. The van der Waals surface area contributed by atoms with Crippen molar-refractivity contribution in [2.24, 2.45) is 0 Å². The van der Waals surface area contributed by atoms with Gasteiger partial charge in [-0.3, -0.25) is 0 Å². The maximum Gasteiger partial charge on any atom is 0.127 e. The van der Waals surface area contributed by atoms with Gasteiger partial charge >= 0.3 is 0 Å². The quantitative estimate of drug-likeness (QED) is 0.780. The van der Waals surface area contributed by atoms with Crippen molar-refractivity contribution in [2.45, 2.75) is 18.7 Å². The van der Waals surface area contributed by atoms with E-state index in [0.717, 1.165) is 18.0 Å². The van der Waals surface area contributed by atoms with Crippen molar-refractivity contribution in [2.75, 3.05) is 13.1 Å². The van der Waals surface area contributed by atoms with Gasteiger partial charge in [0, 0.05) is 18.1 Å². The van der Waals surface area contributed by atoms with Gasteiger partial charge in [0.15, 0.2) is 0 Å². The smallest absolute Gasteiger partial charge is 0.127 e. The monoisotopic (exact) mass is 231 g/mol. The highest BCUT2D eigenvalue weighted by atomic mass is 35.5. The molecule has 1 unspecified atom stereocenters. The number of benzene rings is 1. The lowest BCUT2D eigenvalue weighted by molar-refractivity contribution is 0.489. The zero-order valence-electron chi connectivity index (χ0n) is 8.37. The summed E-state index contributed by atoms with van der Waals surface area (Å²) in [5.41, 5.74) is 0. The summed E-state index contributed by atoms with van der Waals surface area (Å²) >= 11 is 5.83. The maximum absolute atomic E-state index is 11.9. The average molecular weight is 232 g/mol. The molecule has 78 valence electrons. The molecule has 0 spiro atoms. The molecule has 0 aromatic heterocycles. The second-order valence-corrected chi connectivity index (χ2v) is 4.74. The normalized spacial score (nSPS) is 13.1. The molecule has 0 radical (unpaired) electrons. The molecule has 2 nitrogen and oxygen atoms in total. The highest BCUT2D eigenvalue weighted by molar-refractivity contribution is 7.82. The van der Waals surface area contributed by atoms with Crippen molar-refractivity contribution in [3.8, 4) is 0 Å². The molecule has 0 aliphatic rings. The summed E-state index contributed by atoms with van der Waals surface area (Å²) < 4.78 is 13.8. The van der Waals surface area contributed by atoms with Crippen molar-refractivity contribution in [1.29, 1.82) is 0 Å². The van der Waals surface area contributed by atoms with E-state index in [1.165, 1.54) is 0 Å². The average Bonchev–Trinajstić information content (AvgIpc) is 2.19. The van der Waals surface area contributed by atoms with Gasteiger partial charge in [-0.25, -0.2) is 8.51 Å². The number of halogens is 1. The second-order valence-electron chi connectivity index (χ2n) is 2.82.